The highest BCUT2D eigenvalue weighted by molar-refractivity contribution is 5.95. The number of rotatable bonds is 11. The molecule has 0 atom stereocenters. The second-order valence-electron chi connectivity index (χ2n) is 14.5. The number of amides is 2. The van der Waals surface area contributed by atoms with Crippen molar-refractivity contribution in [2.45, 2.75) is 33.6 Å². The van der Waals surface area contributed by atoms with Crippen molar-refractivity contribution in [2.75, 3.05) is 7.11 Å². The Morgan fingerprint density at radius 2 is 0.879 bits per heavy atom. The largest absolute Gasteiger partial charge is 0.503 e. The number of methoxy groups -OCH3 is 1. The van der Waals surface area contributed by atoms with E-state index in [0.717, 1.165) is 0 Å². The second-order valence-corrected chi connectivity index (χ2v) is 14.5. The van der Waals surface area contributed by atoms with Crippen LogP contribution in [-0.2, 0) is 26.2 Å². The van der Waals surface area contributed by atoms with Gasteiger partial charge in [-0.05, 0) is 70.8 Å². The number of carbonyl (C=O) groups is 2. The van der Waals surface area contributed by atoms with E-state index < -0.39 is 57.0 Å². The Kier molecular flexibility index (Phi) is 14.5. The van der Waals surface area contributed by atoms with Crippen molar-refractivity contribution >= 4 is 22.8 Å². The number of pyridine rings is 2. The maximum atomic E-state index is 13.2. The summed E-state index contributed by atoms with van der Waals surface area (Å²) in [5.74, 6) is -4.12. The molecule has 18 heteroatoms. The maximum Gasteiger partial charge on any atom is 0.279 e. The molecule has 4 heterocycles. The molecule has 0 bridgehead atoms. The Morgan fingerprint density at radius 3 is 1.27 bits per heavy atom. The van der Waals surface area contributed by atoms with Crippen molar-refractivity contribution in [1.29, 1.82) is 0 Å². The lowest BCUT2D eigenvalue weighted by Crippen LogP contribution is -2.31. The van der Waals surface area contributed by atoms with Crippen LogP contribution in [0.4, 0.5) is 17.6 Å². The Labute approximate surface area is 371 Å². The molecule has 0 unspecified atom stereocenters. The number of halogens is 4. The molecule has 0 aliphatic carbocycles. The van der Waals surface area contributed by atoms with E-state index in [2.05, 4.69) is 10.6 Å². The molecule has 338 valence electrons. The standard InChI is InChI=1S/C24H19F2N3O4.C23H17F2N3O4.CH4/c1-33-22-20-24(32)29(13-16-4-8-18(26)9-5-16)11-10-28(20)14-19(21(22)30)23(31)27-12-15-2-6-17(25)7-3-15;24-16-5-1-14(2-6-16)11-26-22(31)18-13-27-9-10-28(12-15-3-7-17(25)8-4-15)23(32)19(27)21(30)20(18)29;/h2-11,14H,12-13H2,1H3,(H,27,31);1-10,13,30H,11-12H2,(H,26,31);1H4. The van der Waals surface area contributed by atoms with Gasteiger partial charge < -0.3 is 38.4 Å². The quantitative estimate of drug-likeness (QED) is 0.137. The molecule has 3 N–H and O–H groups in total. The molecule has 0 fully saturated rings. The van der Waals surface area contributed by atoms with E-state index in [0.29, 0.717) is 22.3 Å². The molecular weight excluding hydrogens is 865 g/mol. The van der Waals surface area contributed by atoms with Crippen LogP contribution in [0.2, 0.25) is 0 Å². The van der Waals surface area contributed by atoms with Crippen LogP contribution in [0.3, 0.4) is 0 Å². The van der Waals surface area contributed by atoms with Crippen molar-refractivity contribution in [1.82, 2.24) is 28.6 Å². The molecule has 4 aromatic heterocycles. The van der Waals surface area contributed by atoms with E-state index in [1.807, 2.05) is 0 Å². The van der Waals surface area contributed by atoms with Gasteiger partial charge >= 0.3 is 0 Å². The monoisotopic (exact) mass is 904 g/mol. The first kappa shape index (κ1) is 47.0. The lowest BCUT2D eigenvalue weighted by Gasteiger charge is -2.13. The maximum absolute atomic E-state index is 13.2. The minimum atomic E-state index is -0.988. The van der Waals surface area contributed by atoms with Crippen molar-refractivity contribution in [2.24, 2.45) is 0 Å². The molecule has 0 aliphatic heterocycles. The Balaban J connectivity index is 0.000000215. The fourth-order valence-electron chi connectivity index (χ4n) is 6.69. The van der Waals surface area contributed by atoms with Gasteiger partial charge in [-0.2, -0.15) is 0 Å². The van der Waals surface area contributed by atoms with Crippen LogP contribution < -0.4 is 37.3 Å². The zero-order chi connectivity index (χ0) is 46.4. The average Bonchev–Trinajstić information content (AvgIpc) is 3.30. The van der Waals surface area contributed by atoms with Crippen molar-refractivity contribution in [3.63, 3.8) is 0 Å². The van der Waals surface area contributed by atoms with E-state index in [4.69, 9.17) is 4.74 Å². The molecular formula is C48H40F4N6O8. The van der Waals surface area contributed by atoms with E-state index in [1.165, 1.54) is 147 Å². The third kappa shape index (κ3) is 10.5. The summed E-state index contributed by atoms with van der Waals surface area (Å²) in [6.45, 7) is 0.389. The summed E-state index contributed by atoms with van der Waals surface area (Å²) in [6.07, 6.45) is 8.32. The number of carbonyl (C=O) groups excluding carboxylic acids is 2. The van der Waals surface area contributed by atoms with Crippen molar-refractivity contribution in [3.05, 3.63) is 232 Å². The molecule has 14 nitrogen and oxygen atoms in total. The van der Waals surface area contributed by atoms with Gasteiger partial charge in [-0.15, -0.1) is 0 Å². The summed E-state index contributed by atoms with van der Waals surface area (Å²) in [7, 11) is 1.24. The van der Waals surface area contributed by atoms with Gasteiger partial charge in [0.05, 0.1) is 20.2 Å². The predicted molar refractivity (Wildman–Crippen MR) is 237 cm³/mol. The lowest BCUT2D eigenvalue weighted by molar-refractivity contribution is 0.0941. The minimum absolute atomic E-state index is 0. The molecule has 66 heavy (non-hydrogen) atoms. The normalized spacial score (nSPS) is 10.7. The highest BCUT2D eigenvalue weighted by Gasteiger charge is 2.21. The van der Waals surface area contributed by atoms with Gasteiger partial charge in [0, 0.05) is 50.3 Å². The first-order valence-corrected chi connectivity index (χ1v) is 19.5. The van der Waals surface area contributed by atoms with E-state index >= 15 is 0 Å². The van der Waals surface area contributed by atoms with Gasteiger partial charge in [0.25, 0.3) is 22.9 Å². The number of aromatic nitrogens is 4. The highest BCUT2D eigenvalue weighted by Crippen LogP contribution is 2.15. The lowest BCUT2D eigenvalue weighted by atomic mass is 10.2. The molecule has 2 amide bonds. The van der Waals surface area contributed by atoms with Gasteiger partial charge in [-0.1, -0.05) is 56.0 Å². The summed E-state index contributed by atoms with van der Waals surface area (Å²) in [4.78, 5) is 76.6. The van der Waals surface area contributed by atoms with Crippen LogP contribution in [0.5, 0.6) is 11.5 Å². The molecule has 0 saturated heterocycles. The number of aromatic hydroxyl groups is 1. The smallest absolute Gasteiger partial charge is 0.279 e. The van der Waals surface area contributed by atoms with Crippen LogP contribution >= 0.6 is 0 Å². The minimum Gasteiger partial charge on any atom is -0.503 e. The van der Waals surface area contributed by atoms with E-state index in [9.17, 15) is 51.4 Å². The first-order chi connectivity index (χ1) is 31.2. The summed E-state index contributed by atoms with van der Waals surface area (Å²) in [5.41, 5.74) is -1.12. The molecule has 8 aromatic rings. The van der Waals surface area contributed by atoms with Crippen molar-refractivity contribution in [3.8, 4) is 11.5 Å². The van der Waals surface area contributed by atoms with Gasteiger partial charge in [0.1, 0.15) is 34.4 Å². The van der Waals surface area contributed by atoms with Crippen LogP contribution in [0.1, 0.15) is 50.4 Å². The number of nitrogens with zero attached hydrogens (tertiary/aromatic N) is 4. The topological polar surface area (TPSA) is 175 Å². The highest BCUT2D eigenvalue weighted by atomic mass is 19.1. The Morgan fingerprint density at radius 1 is 0.530 bits per heavy atom. The van der Waals surface area contributed by atoms with Gasteiger partial charge in [-0.25, -0.2) is 17.6 Å². The average molecular weight is 905 g/mol. The van der Waals surface area contributed by atoms with Crippen LogP contribution in [0.15, 0.2) is 153 Å². The van der Waals surface area contributed by atoms with Gasteiger partial charge in [-0.3, -0.25) is 28.8 Å². The number of nitrogens with one attached hydrogen (secondary N) is 2. The second kappa shape index (κ2) is 20.3. The third-order valence-corrected chi connectivity index (χ3v) is 10.1. The Hall–Kier alpha value is -8.54. The van der Waals surface area contributed by atoms with E-state index in [1.54, 1.807) is 12.1 Å². The summed E-state index contributed by atoms with van der Waals surface area (Å²) in [5, 5.41) is 15.5. The van der Waals surface area contributed by atoms with Crippen LogP contribution in [-0.4, -0.2) is 42.0 Å². The zero-order valence-electron chi connectivity index (χ0n) is 34.1. The molecule has 0 radical (unpaired) electrons. The zero-order valence-corrected chi connectivity index (χ0v) is 34.1. The van der Waals surface area contributed by atoms with Gasteiger partial charge in [0.2, 0.25) is 10.9 Å². The summed E-state index contributed by atoms with van der Waals surface area (Å²) in [6, 6.07) is 22.3. The number of hydrogen-bond donors (Lipinski definition) is 3. The molecule has 8 rings (SSSR count). The predicted octanol–water partition coefficient (Wildman–Crippen LogP) is 5.79. The Bertz CT molecular complexity index is 3320. The van der Waals surface area contributed by atoms with Crippen LogP contribution in [0.25, 0.3) is 11.0 Å². The molecule has 0 saturated carbocycles. The fourth-order valence-corrected chi connectivity index (χ4v) is 6.69. The first-order valence-electron chi connectivity index (χ1n) is 19.5. The summed E-state index contributed by atoms with van der Waals surface area (Å²) >= 11 is 0. The van der Waals surface area contributed by atoms with Gasteiger partial charge in [0.15, 0.2) is 22.5 Å². The van der Waals surface area contributed by atoms with E-state index in [-0.39, 0.29) is 67.3 Å². The number of hydrogen-bond acceptors (Lipinski definition) is 8. The molecule has 0 aliphatic rings. The van der Waals surface area contributed by atoms with Crippen LogP contribution in [0, 0.1) is 23.3 Å². The summed E-state index contributed by atoms with van der Waals surface area (Å²) < 4.78 is 62.7. The number of benzene rings is 4. The fraction of sp³-hybridized carbons (Fsp3) is 0.125. The number of fused-ring (bicyclic) bond motifs is 2. The third-order valence-electron chi connectivity index (χ3n) is 10.1. The SMILES string of the molecule is C.COc1c(=O)c(C(=O)NCc2ccc(F)cc2)cn2ccn(Cc3ccc(F)cc3)c(=O)c12.O=C(NCc1ccc(F)cc1)c1cn2ccn(Cc3ccc(F)cc3)c(=O)c2c(O)c1=O. The van der Waals surface area contributed by atoms with Crippen molar-refractivity contribution < 1.29 is 37.0 Å². The number of ether oxygens (including phenoxy) is 1. The molecule has 0 spiro atoms. The molecule has 4 aromatic carbocycles.